The van der Waals surface area contributed by atoms with Gasteiger partial charge in [0.1, 0.15) is 11.8 Å². The van der Waals surface area contributed by atoms with Crippen LogP contribution in [0.4, 0.5) is 0 Å². The molecule has 0 heterocycles. The first-order valence-electron chi connectivity index (χ1n) is 6.50. The van der Waals surface area contributed by atoms with E-state index in [1.54, 1.807) is 7.11 Å². The molecule has 1 atom stereocenters. The van der Waals surface area contributed by atoms with Crippen molar-refractivity contribution in [2.75, 3.05) is 14.2 Å². The fourth-order valence-corrected chi connectivity index (χ4v) is 2.04. The first-order valence-corrected chi connectivity index (χ1v) is 6.50. The number of aliphatic carboxylic acids is 1. The highest BCUT2D eigenvalue weighted by Gasteiger charge is 2.23. The van der Waals surface area contributed by atoms with Crippen molar-refractivity contribution in [3.05, 3.63) is 29.8 Å². The topological polar surface area (TPSA) is 49.8 Å². The lowest BCUT2D eigenvalue weighted by molar-refractivity contribution is -0.143. The Morgan fingerprint density at radius 2 is 1.89 bits per heavy atom. The number of likely N-dealkylation sites (N-methyl/N-ethyl adjacent to an activating group) is 1. The van der Waals surface area contributed by atoms with Crippen molar-refractivity contribution in [1.29, 1.82) is 0 Å². The van der Waals surface area contributed by atoms with Crippen LogP contribution in [0.3, 0.4) is 0 Å². The number of carbonyl (C=O) groups is 1. The third-order valence-electron chi connectivity index (χ3n) is 3.10. The molecular weight excluding hydrogens is 242 g/mol. The third-order valence-corrected chi connectivity index (χ3v) is 3.10. The van der Waals surface area contributed by atoms with Gasteiger partial charge in [-0.2, -0.15) is 0 Å². The number of benzene rings is 1. The zero-order chi connectivity index (χ0) is 14.4. The first kappa shape index (κ1) is 15.5. The van der Waals surface area contributed by atoms with E-state index >= 15 is 0 Å². The van der Waals surface area contributed by atoms with Crippen molar-refractivity contribution >= 4 is 5.97 Å². The fourth-order valence-electron chi connectivity index (χ4n) is 2.04. The van der Waals surface area contributed by atoms with E-state index in [2.05, 4.69) is 0 Å². The average Bonchev–Trinajstić information content (AvgIpc) is 2.36. The van der Waals surface area contributed by atoms with Crippen LogP contribution in [0.2, 0.25) is 0 Å². The van der Waals surface area contributed by atoms with E-state index in [-0.39, 0.29) is 0 Å². The van der Waals surface area contributed by atoms with Crippen LogP contribution in [0.25, 0.3) is 0 Å². The van der Waals surface area contributed by atoms with Gasteiger partial charge >= 0.3 is 5.97 Å². The molecule has 0 bridgehead atoms. The highest BCUT2D eigenvalue weighted by molar-refractivity contribution is 5.73. The smallest absolute Gasteiger partial charge is 0.320 e. The maximum absolute atomic E-state index is 11.3. The van der Waals surface area contributed by atoms with Crippen molar-refractivity contribution in [2.45, 2.75) is 32.9 Å². The highest BCUT2D eigenvalue weighted by Crippen LogP contribution is 2.16. The average molecular weight is 265 g/mol. The van der Waals surface area contributed by atoms with Gasteiger partial charge in [0.2, 0.25) is 0 Å². The van der Waals surface area contributed by atoms with Gasteiger partial charge in [0.15, 0.2) is 0 Å². The van der Waals surface area contributed by atoms with Crippen LogP contribution in [0.1, 0.15) is 25.8 Å². The molecule has 0 aliphatic carbocycles. The largest absolute Gasteiger partial charge is 0.497 e. The molecule has 1 aromatic rings. The van der Waals surface area contributed by atoms with E-state index in [0.29, 0.717) is 18.9 Å². The van der Waals surface area contributed by atoms with E-state index in [0.717, 1.165) is 11.3 Å². The number of nitrogens with zero attached hydrogens (tertiary/aromatic N) is 1. The van der Waals surface area contributed by atoms with Crippen LogP contribution in [0.15, 0.2) is 24.3 Å². The summed E-state index contributed by atoms with van der Waals surface area (Å²) in [5, 5.41) is 9.29. The number of hydrogen-bond donors (Lipinski definition) is 1. The molecule has 106 valence electrons. The lowest BCUT2D eigenvalue weighted by atomic mass is 10.0. The molecule has 0 saturated carbocycles. The second-order valence-corrected chi connectivity index (χ2v) is 5.25. The van der Waals surface area contributed by atoms with Crippen LogP contribution in [0.5, 0.6) is 5.75 Å². The van der Waals surface area contributed by atoms with E-state index in [4.69, 9.17) is 4.74 Å². The number of carboxylic acid groups (broad SMARTS) is 1. The van der Waals surface area contributed by atoms with E-state index < -0.39 is 12.0 Å². The van der Waals surface area contributed by atoms with Crippen molar-refractivity contribution in [3.8, 4) is 5.75 Å². The molecule has 1 aromatic carbocycles. The summed E-state index contributed by atoms with van der Waals surface area (Å²) in [6.07, 6.45) is 0.655. The molecule has 0 radical (unpaired) electrons. The first-order chi connectivity index (χ1) is 8.93. The normalized spacial score (nSPS) is 12.7. The van der Waals surface area contributed by atoms with Gasteiger partial charge in [-0.15, -0.1) is 0 Å². The SMILES string of the molecule is COc1ccc(CN(C)[C@@H](CC(C)C)C(=O)O)cc1. The molecule has 0 amide bonds. The Kier molecular flexibility index (Phi) is 5.83. The Morgan fingerprint density at radius 3 is 2.32 bits per heavy atom. The van der Waals surface area contributed by atoms with Crippen LogP contribution >= 0.6 is 0 Å². The van der Waals surface area contributed by atoms with Crippen LogP contribution < -0.4 is 4.74 Å². The Balaban J connectivity index is 2.69. The van der Waals surface area contributed by atoms with Gasteiger partial charge in [0.25, 0.3) is 0 Å². The minimum atomic E-state index is -0.760. The second kappa shape index (κ2) is 7.14. The zero-order valence-electron chi connectivity index (χ0n) is 12.1. The number of hydrogen-bond acceptors (Lipinski definition) is 3. The van der Waals surface area contributed by atoms with Crippen molar-refractivity contribution in [3.63, 3.8) is 0 Å². The number of ether oxygens (including phenoxy) is 1. The van der Waals surface area contributed by atoms with Gasteiger partial charge in [-0.25, -0.2) is 0 Å². The maximum Gasteiger partial charge on any atom is 0.320 e. The summed E-state index contributed by atoms with van der Waals surface area (Å²) in [6, 6.07) is 7.26. The van der Waals surface area contributed by atoms with E-state index in [9.17, 15) is 9.90 Å². The summed E-state index contributed by atoms with van der Waals surface area (Å²) < 4.78 is 5.10. The monoisotopic (exact) mass is 265 g/mol. The Hall–Kier alpha value is -1.55. The highest BCUT2D eigenvalue weighted by atomic mass is 16.5. The molecule has 4 nitrogen and oxygen atoms in total. The lowest BCUT2D eigenvalue weighted by Gasteiger charge is -2.26. The van der Waals surface area contributed by atoms with E-state index in [1.165, 1.54) is 0 Å². The molecule has 4 heteroatoms. The van der Waals surface area contributed by atoms with Crippen LogP contribution in [-0.4, -0.2) is 36.2 Å². The molecular formula is C15H23NO3. The van der Waals surface area contributed by atoms with Gasteiger partial charge in [-0.05, 0) is 37.1 Å². The summed E-state index contributed by atoms with van der Waals surface area (Å²) in [4.78, 5) is 13.2. The van der Waals surface area contributed by atoms with Gasteiger partial charge in [-0.1, -0.05) is 26.0 Å². The molecule has 0 aromatic heterocycles. The standard InChI is InChI=1S/C15H23NO3/c1-11(2)9-14(15(17)18)16(3)10-12-5-7-13(19-4)8-6-12/h5-8,11,14H,9-10H2,1-4H3,(H,17,18)/t14-/m0/s1. The van der Waals surface area contributed by atoms with Crippen LogP contribution in [-0.2, 0) is 11.3 Å². The van der Waals surface area contributed by atoms with Crippen molar-refractivity contribution in [2.24, 2.45) is 5.92 Å². The quantitative estimate of drug-likeness (QED) is 0.823. The van der Waals surface area contributed by atoms with Crippen LogP contribution in [0, 0.1) is 5.92 Å². The molecule has 0 aliphatic heterocycles. The van der Waals surface area contributed by atoms with Crippen molar-refractivity contribution in [1.82, 2.24) is 4.90 Å². The predicted molar refractivity (Wildman–Crippen MR) is 75.3 cm³/mol. The summed E-state index contributed by atoms with van der Waals surface area (Å²) in [7, 11) is 3.48. The minimum Gasteiger partial charge on any atom is -0.497 e. The molecule has 1 N–H and O–H groups in total. The number of rotatable bonds is 7. The van der Waals surface area contributed by atoms with Gasteiger partial charge in [0, 0.05) is 6.54 Å². The molecule has 0 unspecified atom stereocenters. The Morgan fingerprint density at radius 1 is 1.32 bits per heavy atom. The molecule has 0 saturated heterocycles. The molecule has 0 spiro atoms. The van der Waals surface area contributed by atoms with Crippen molar-refractivity contribution < 1.29 is 14.6 Å². The van der Waals surface area contributed by atoms with Gasteiger partial charge in [0.05, 0.1) is 7.11 Å². The molecule has 1 rings (SSSR count). The third kappa shape index (κ3) is 4.91. The molecule has 0 fully saturated rings. The molecule has 0 aliphatic rings. The second-order valence-electron chi connectivity index (χ2n) is 5.25. The lowest BCUT2D eigenvalue weighted by Crippen LogP contribution is -2.39. The summed E-state index contributed by atoms with van der Waals surface area (Å²) >= 11 is 0. The number of carboxylic acids is 1. The predicted octanol–water partition coefficient (Wildman–Crippen LogP) is 2.63. The summed E-state index contributed by atoms with van der Waals surface area (Å²) in [5.74, 6) is 0.410. The zero-order valence-corrected chi connectivity index (χ0v) is 12.1. The summed E-state index contributed by atoms with van der Waals surface area (Å²) in [5.41, 5.74) is 1.08. The molecule has 19 heavy (non-hydrogen) atoms. The fraction of sp³-hybridized carbons (Fsp3) is 0.533. The Labute approximate surface area is 115 Å². The minimum absolute atomic E-state index is 0.361. The number of methoxy groups -OCH3 is 1. The Bertz CT molecular complexity index is 400. The van der Waals surface area contributed by atoms with Gasteiger partial charge < -0.3 is 9.84 Å². The maximum atomic E-state index is 11.3. The van der Waals surface area contributed by atoms with E-state index in [1.807, 2.05) is 50.1 Å². The van der Waals surface area contributed by atoms with Gasteiger partial charge in [-0.3, -0.25) is 9.69 Å². The summed E-state index contributed by atoms with van der Waals surface area (Å²) in [6.45, 7) is 4.70.